The fourth-order valence-corrected chi connectivity index (χ4v) is 3.57. The van der Waals surface area contributed by atoms with Crippen molar-refractivity contribution in [1.82, 2.24) is 0 Å². The maximum absolute atomic E-state index is 13.8. The lowest BCUT2D eigenvalue weighted by atomic mass is 10.2. The van der Waals surface area contributed by atoms with Gasteiger partial charge in [0.25, 0.3) is 0 Å². The Labute approximate surface area is 104 Å². The molecule has 0 radical (unpaired) electrons. The van der Waals surface area contributed by atoms with Gasteiger partial charge < -0.3 is 0 Å². The Morgan fingerprint density at radius 2 is 1.56 bits per heavy atom. The molecule has 0 fully saturated rings. The van der Waals surface area contributed by atoms with Crippen LogP contribution in [0, 0.1) is 30.2 Å². The summed E-state index contributed by atoms with van der Waals surface area (Å²) >= 11 is 0. The zero-order valence-corrected chi connectivity index (χ0v) is 11.1. The molecule has 1 unspecified atom stereocenters. The average molecular weight is 284 g/mol. The second-order valence-electron chi connectivity index (χ2n) is 3.97. The van der Waals surface area contributed by atoms with E-state index in [-0.39, 0.29) is 6.16 Å². The Bertz CT molecular complexity index is 404. The summed E-state index contributed by atoms with van der Waals surface area (Å²) in [4.78, 5) is 0. The first-order valence-corrected chi connectivity index (χ1v) is 7.30. The molecule has 18 heavy (non-hydrogen) atoms. The van der Waals surface area contributed by atoms with E-state index < -0.39 is 48.5 Å². The van der Waals surface area contributed by atoms with E-state index in [1.54, 1.807) is 0 Å². The van der Waals surface area contributed by atoms with Crippen LogP contribution in [0.3, 0.4) is 0 Å². The van der Waals surface area contributed by atoms with Crippen LogP contribution in [0.1, 0.15) is 25.3 Å². The smallest absolute Gasteiger partial charge is 0.195 e. The number of alkyl halides is 1. The monoisotopic (exact) mass is 284 g/mol. The van der Waals surface area contributed by atoms with Crippen LogP contribution >= 0.6 is 7.92 Å². The van der Waals surface area contributed by atoms with Crippen molar-refractivity contribution >= 4 is 13.2 Å². The molecule has 0 nitrogen and oxygen atoms in total. The standard InChI is InChI=1S/C12H14F5P/c1-3-4-5-18(6-13)12-9(15)7(2)8(14)10(16)11(12)17/h3-6H2,1-2H3. The predicted molar refractivity (Wildman–Crippen MR) is 63.3 cm³/mol. The lowest BCUT2D eigenvalue weighted by Gasteiger charge is -2.17. The molecule has 0 aliphatic rings. The van der Waals surface area contributed by atoms with Gasteiger partial charge in [-0.15, -0.1) is 0 Å². The van der Waals surface area contributed by atoms with Crippen LogP contribution < -0.4 is 5.30 Å². The summed E-state index contributed by atoms with van der Waals surface area (Å²) in [5, 5.41) is -0.614. The summed E-state index contributed by atoms with van der Waals surface area (Å²) in [6, 6.07) is 0. The van der Waals surface area contributed by atoms with Gasteiger partial charge in [-0.3, -0.25) is 0 Å². The van der Waals surface area contributed by atoms with Gasteiger partial charge >= 0.3 is 0 Å². The zero-order chi connectivity index (χ0) is 13.9. The molecule has 0 aliphatic heterocycles. The molecule has 1 rings (SSSR count). The summed E-state index contributed by atoms with van der Waals surface area (Å²) in [5.74, 6) is -6.01. The number of hydrogen-bond donors (Lipinski definition) is 0. The second-order valence-corrected chi connectivity index (χ2v) is 6.18. The Balaban J connectivity index is 3.30. The van der Waals surface area contributed by atoms with Crippen LogP contribution in [0.2, 0.25) is 0 Å². The van der Waals surface area contributed by atoms with E-state index >= 15 is 0 Å². The third-order valence-electron chi connectivity index (χ3n) is 2.70. The molecule has 0 spiro atoms. The molecule has 0 amide bonds. The lowest BCUT2D eigenvalue weighted by Crippen LogP contribution is -2.20. The van der Waals surface area contributed by atoms with Crippen LogP contribution in [-0.2, 0) is 0 Å². The van der Waals surface area contributed by atoms with Gasteiger partial charge in [0, 0.05) is 5.56 Å². The van der Waals surface area contributed by atoms with Gasteiger partial charge in [-0.05, 0) is 27.4 Å². The van der Waals surface area contributed by atoms with Gasteiger partial charge in [-0.1, -0.05) is 13.3 Å². The van der Waals surface area contributed by atoms with E-state index in [1.165, 1.54) is 0 Å². The highest BCUT2D eigenvalue weighted by Gasteiger charge is 2.27. The van der Waals surface area contributed by atoms with Gasteiger partial charge in [0.2, 0.25) is 0 Å². The Hall–Kier alpha value is -0.700. The van der Waals surface area contributed by atoms with E-state index in [9.17, 15) is 22.0 Å². The molecule has 0 aliphatic carbocycles. The molecule has 0 N–H and O–H groups in total. The molecule has 0 aromatic heterocycles. The molecular formula is C12H14F5P. The Morgan fingerprint density at radius 1 is 0.944 bits per heavy atom. The zero-order valence-electron chi connectivity index (χ0n) is 10.2. The molecule has 1 aromatic rings. The van der Waals surface area contributed by atoms with Crippen molar-refractivity contribution in [2.45, 2.75) is 26.7 Å². The van der Waals surface area contributed by atoms with Gasteiger partial charge in [-0.2, -0.15) is 0 Å². The lowest BCUT2D eigenvalue weighted by molar-refractivity contribution is 0.434. The quantitative estimate of drug-likeness (QED) is 0.326. The van der Waals surface area contributed by atoms with E-state index in [1.807, 2.05) is 6.92 Å². The normalized spacial score (nSPS) is 12.8. The summed E-state index contributed by atoms with van der Waals surface area (Å²) in [6.07, 6.45) is 0.658. The Morgan fingerprint density at radius 3 is 2.06 bits per heavy atom. The molecule has 6 heteroatoms. The van der Waals surface area contributed by atoms with Gasteiger partial charge in [0.1, 0.15) is 12.2 Å². The highest BCUT2D eigenvalue weighted by Crippen LogP contribution is 2.39. The fourth-order valence-electron chi connectivity index (χ4n) is 1.59. The number of hydrogen-bond acceptors (Lipinski definition) is 0. The highest BCUT2D eigenvalue weighted by atomic mass is 31.1. The van der Waals surface area contributed by atoms with Crippen LogP contribution in [0.4, 0.5) is 22.0 Å². The van der Waals surface area contributed by atoms with Gasteiger partial charge in [0.05, 0.1) is 5.30 Å². The Kier molecular flexibility index (Phi) is 5.51. The minimum atomic E-state index is -1.77. The molecule has 1 atom stereocenters. The van der Waals surface area contributed by atoms with Crippen molar-refractivity contribution in [3.63, 3.8) is 0 Å². The third-order valence-corrected chi connectivity index (χ3v) is 4.87. The maximum Gasteiger partial charge on any atom is 0.195 e. The van der Waals surface area contributed by atoms with Crippen molar-refractivity contribution < 1.29 is 22.0 Å². The van der Waals surface area contributed by atoms with E-state index in [0.29, 0.717) is 6.42 Å². The minimum absolute atomic E-state index is 0.265. The number of benzene rings is 1. The molecule has 0 bridgehead atoms. The molecule has 1 aromatic carbocycles. The highest BCUT2D eigenvalue weighted by molar-refractivity contribution is 7.65. The number of halogens is 5. The maximum atomic E-state index is 13.8. The SMILES string of the molecule is CCCCP(CF)c1c(F)c(C)c(F)c(F)c1F. The van der Waals surface area contributed by atoms with Gasteiger partial charge in [-0.25, -0.2) is 22.0 Å². The van der Waals surface area contributed by atoms with Crippen LogP contribution in [0.5, 0.6) is 0 Å². The topological polar surface area (TPSA) is 0 Å². The van der Waals surface area contributed by atoms with Crippen LogP contribution in [-0.4, -0.2) is 12.6 Å². The van der Waals surface area contributed by atoms with Crippen LogP contribution in [0.25, 0.3) is 0 Å². The minimum Gasteiger partial charge on any atom is -0.246 e. The fraction of sp³-hybridized carbons (Fsp3) is 0.500. The van der Waals surface area contributed by atoms with E-state index in [0.717, 1.165) is 13.3 Å². The van der Waals surface area contributed by atoms with E-state index in [4.69, 9.17) is 0 Å². The van der Waals surface area contributed by atoms with Crippen LogP contribution in [0.15, 0.2) is 0 Å². The molecular weight excluding hydrogens is 270 g/mol. The van der Waals surface area contributed by atoms with Crippen molar-refractivity contribution in [2.24, 2.45) is 0 Å². The third kappa shape index (κ3) is 2.82. The van der Waals surface area contributed by atoms with E-state index in [2.05, 4.69) is 0 Å². The summed E-state index contributed by atoms with van der Waals surface area (Å²) in [6.45, 7) is 2.87. The molecule has 0 saturated carbocycles. The first-order chi connectivity index (χ1) is 8.45. The van der Waals surface area contributed by atoms with Crippen molar-refractivity contribution in [2.75, 3.05) is 12.6 Å². The predicted octanol–water partition coefficient (Wildman–Crippen LogP) is 4.39. The first kappa shape index (κ1) is 15.4. The molecule has 0 heterocycles. The number of rotatable bonds is 5. The molecule has 102 valence electrons. The second kappa shape index (κ2) is 6.46. The largest absolute Gasteiger partial charge is 0.246 e. The summed E-state index contributed by atoms with van der Waals surface area (Å²) in [7, 11) is -1.77. The molecule has 0 saturated heterocycles. The van der Waals surface area contributed by atoms with Crippen molar-refractivity contribution in [3.05, 3.63) is 28.8 Å². The van der Waals surface area contributed by atoms with Crippen molar-refractivity contribution in [3.8, 4) is 0 Å². The first-order valence-electron chi connectivity index (χ1n) is 5.59. The average Bonchev–Trinajstić information content (AvgIpc) is 2.38. The van der Waals surface area contributed by atoms with Crippen molar-refractivity contribution in [1.29, 1.82) is 0 Å². The van der Waals surface area contributed by atoms with Gasteiger partial charge in [0.15, 0.2) is 17.5 Å². The summed E-state index contributed by atoms with van der Waals surface area (Å²) in [5.41, 5.74) is -0.596. The summed E-state index contributed by atoms with van der Waals surface area (Å²) < 4.78 is 66.5. The number of unbranched alkanes of at least 4 members (excludes halogenated alkanes) is 1.